The molecule has 0 amide bonds. The molecule has 0 fully saturated rings. The number of benzene rings is 1. The Bertz CT molecular complexity index is 729. The van der Waals surface area contributed by atoms with Crippen molar-refractivity contribution in [2.75, 3.05) is 0 Å². The Balaban J connectivity index is -0.000000126. The first kappa shape index (κ1) is 38.4. The maximum absolute atomic E-state index is 10.7. The van der Waals surface area contributed by atoms with E-state index in [1.54, 1.807) is 0 Å². The summed E-state index contributed by atoms with van der Waals surface area (Å²) >= 11 is 0. The van der Waals surface area contributed by atoms with Crippen LogP contribution in [0.3, 0.4) is 0 Å². The van der Waals surface area contributed by atoms with Crippen LogP contribution in [0.2, 0.25) is 0 Å². The van der Waals surface area contributed by atoms with Gasteiger partial charge >= 0.3 is 103 Å². The number of hydrogen-bond donors (Lipinski definition) is 1. The van der Waals surface area contributed by atoms with Crippen LogP contribution in [0.25, 0.3) is 0 Å². The van der Waals surface area contributed by atoms with Gasteiger partial charge in [0.1, 0.15) is 0 Å². The number of carboxylic acids is 2. The smallest absolute Gasteiger partial charge is 0.652 e. The predicted octanol–water partition coefficient (Wildman–Crippen LogP) is -13.6. The molecule has 0 aliphatic heterocycles. The van der Waals surface area contributed by atoms with E-state index in [9.17, 15) is 28.2 Å². The molecule has 0 saturated carbocycles. The standard InChI is InChI=1S/C8H6O7S.2CH2O3.2K.Pb/c9-7(10)5-2-1-4(16(13,14)15)3-6(5)8(11)12;2*2-1(3)4;;;/h1-3H,(H,9,10)(H,11,12)(H,13,14,15);2*(H2,2,3,4);;;/q;;;2*+1;/p-6. The molecule has 0 unspecified atom stereocenters. The summed E-state index contributed by atoms with van der Waals surface area (Å²) in [4.78, 5) is 36.9. The molecular weight excluding hydrogens is 646 g/mol. The zero-order chi connectivity index (χ0) is 19.7. The molecule has 17 heteroatoms. The molecule has 1 aromatic carbocycles. The fourth-order valence-electron chi connectivity index (χ4n) is 1.03. The van der Waals surface area contributed by atoms with E-state index in [1.807, 2.05) is 0 Å². The first-order chi connectivity index (χ1) is 10.7. The molecule has 0 aliphatic carbocycles. The Labute approximate surface area is 256 Å². The van der Waals surface area contributed by atoms with Crippen LogP contribution in [-0.4, -0.2) is 64.5 Å². The van der Waals surface area contributed by atoms with Gasteiger partial charge in [0.05, 0.1) is 16.8 Å². The Morgan fingerprint density at radius 1 is 0.741 bits per heavy atom. The summed E-state index contributed by atoms with van der Waals surface area (Å²) < 4.78 is 30.0. The van der Waals surface area contributed by atoms with Crippen LogP contribution in [0.15, 0.2) is 23.1 Å². The monoisotopic (exact) mass is 650 g/mol. The van der Waals surface area contributed by atoms with Gasteiger partial charge in [-0.3, -0.25) is 4.55 Å². The number of carboxylic acid groups (broad SMARTS) is 6. The van der Waals surface area contributed by atoms with E-state index in [-0.39, 0.29) is 130 Å². The third kappa shape index (κ3) is 21.3. The Morgan fingerprint density at radius 2 is 1.04 bits per heavy atom. The summed E-state index contributed by atoms with van der Waals surface area (Å²) in [6.07, 6.45) is -4.67. The van der Waals surface area contributed by atoms with Crippen molar-refractivity contribution in [2.45, 2.75) is 4.90 Å². The molecule has 13 nitrogen and oxygen atoms in total. The fraction of sp³-hybridized carbons (Fsp3) is 0. The van der Waals surface area contributed by atoms with Crippen molar-refractivity contribution < 1.29 is 166 Å². The second-order valence-electron chi connectivity index (χ2n) is 3.26. The van der Waals surface area contributed by atoms with Crippen LogP contribution in [0.4, 0.5) is 9.59 Å². The molecule has 1 rings (SSSR count). The van der Waals surface area contributed by atoms with E-state index >= 15 is 0 Å². The summed E-state index contributed by atoms with van der Waals surface area (Å²) in [5.74, 6) is -3.68. The van der Waals surface area contributed by atoms with E-state index in [2.05, 4.69) is 0 Å². The maximum atomic E-state index is 10.7. The molecule has 0 bridgehead atoms. The summed E-state index contributed by atoms with van der Waals surface area (Å²) in [5, 5.41) is 54.3. The second-order valence-corrected chi connectivity index (χ2v) is 4.68. The minimum atomic E-state index is -4.61. The number of carbonyl (C=O) groups is 4. The minimum Gasteiger partial charge on any atom is -0.652 e. The minimum absolute atomic E-state index is 0. The maximum Gasteiger partial charge on any atom is 1.00 e. The van der Waals surface area contributed by atoms with Gasteiger partial charge in [0.2, 0.25) is 0 Å². The van der Waals surface area contributed by atoms with Gasteiger partial charge in [0.15, 0.2) is 0 Å². The average Bonchev–Trinajstić information content (AvgIpc) is 2.35. The van der Waals surface area contributed by atoms with Crippen LogP contribution in [0.1, 0.15) is 20.7 Å². The number of rotatable bonds is 3. The van der Waals surface area contributed by atoms with Gasteiger partial charge in [-0.1, -0.05) is 6.07 Å². The zero-order valence-electron chi connectivity index (χ0n) is 13.5. The van der Waals surface area contributed by atoms with Crippen LogP contribution >= 0.6 is 0 Å². The van der Waals surface area contributed by atoms with Crippen molar-refractivity contribution in [1.82, 2.24) is 0 Å². The Hall–Kier alpha value is 0.805. The van der Waals surface area contributed by atoms with Crippen molar-refractivity contribution in [3.05, 3.63) is 29.3 Å². The molecule has 0 spiro atoms. The molecule has 4 radical (unpaired) electrons. The molecule has 0 saturated heterocycles. The number of aromatic carboxylic acids is 2. The van der Waals surface area contributed by atoms with E-state index in [4.69, 9.17) is 34.6 Å². The Morgan fingerprint density at radius 3 is 1.26 bits per heavy atom. The molecule has 1 aromatic rings. The quantitative estimate of drug-likeness (QED) is 0.236. The van der Waals surface area contributed by atoms with Crippen molar-refractivity contribution in [3.63, 3.8) is 0 Å². The number of hydrogen-bond acceptors (Lipinski definition) is 12. The molecule has 0 aromatic heterocycles. The van der Waals surface area contributed by atoms with Gasteiger partial charge in [-0.15, -0.1) is 0 Å². The molecular formula is C10H4K2O13PbS-4. The average molecular weight is 650 g/mol. The third-order valence-electron chi connectivity index (χ3n) is 1.73. The van der Waals surface area contributed by atoms with Gasteiger partial charge in [-0.2, -0.15) is 8.42 Å². The van der Waals surface area contributed by atoms with E-state index in [1.165, 1.54) is 0 Å². The molecule has 0 heterocycles. The molecule has 0 aliphatic rings. The van der Waals surface area contributed by atoms with Crippen molar-refractivity contribution in [1.29, 1.82) is 0 Å². The number of carbonyl (C=O) groups excluding carboxylic acids is 4. The first-order valence-corrected chi connectivity index (χ1v) is 6.44. The van der Waals surface area contributed by atoms with Crippen LogP contribution < -0.4 is 133 Å². The van der Waals surface area contributed by atoms with Crippen LogP contribution in [0.5, 0.6) is 0 Å². The van der Waals surface area contributed by atoms with Crippen molar-refractivity contribution in [3.8, 4) is 0 Å². The summed E-state index contributed by atoms with van der Waals surface area (Å²) in [7, 11) is -4.61. The third-order valence-corrected chi connectivity index (χ3v) is 2.58. The topological polar surface area (TPSA) is 261 Å². The molecule has 1 N–H and O–H groups in total. The molecule has 0 atom stereocenters. The summed E-state index contributed by atoms with van der Waals surface area (Å²) in [6.45, 7) is 0. The van der Waals surface area contributed by atoms with Gasteiger partial charge < -0.3 is 49.8 Å². The molecule has 27 heavy (non-hydrogen) atoms. The first-order valence-electron chi connectivity index (χ1n) is 5.00. The van der Waals surface area contributed by atoms with Gasteiger partial charge in [0, 0.05) is 38.4 Å². The van der Waals surface area contributed by atoms with E-state index in [0.29, 0.717) is 12.1 Å². The zero-order valence-corrected chi connectivity index (χ0v) is 24.4. The van der Waals surface area contributed by atoms with Gasteiger partial charge in [-0.25, -0.2) is 0 Å². The van der Waals surface area contributed by atoms with Crippen LogP contribution in [-0.2, 0) is 10.1 Å². The largest absolute Gasteiger partial charge is 1.00 e. The second kappa shape index (κ2) is 18.8. The normalized spacial score (nSPS) is 8.33. The van der Waals surface area contributed by atoms with Crippen LogP contribution in [0, 0.1) is 0 Å². The van der Waals surface area contributed by atoms with E-state index < -0.39 is 50.4 Å². The van der Waals surface area contributed by atoms with Crippen molar-refractivity contribution >= 4 is 61.7 Å². The fourth-order valence-corrected chi connectivity index (χ4v) is 1.54. The summed E-state index contributed by atoms with van der Waals surface area (Å²) in [5.41, 5.74) is -1.61. The van der Waals surface area contributed by atoms with E-state index in [0.717, 1.165) is 6.07 Å². The van der Waals surface area contributed by atoms with Gasteiger partial charge in [-0.05, 0) is 24.4 Å². The summed E-state index contributed by atoms with van der Waals surface area (Å²) in [6, 6.07) is 1.92. The van der Waals surface area contributed by atoms with Gasteiger partial charge in [0.25, 0.3) is 10.1 Å². The van der Waals surface area contributed by atoms with Crippen molar-refractivity contribution in [2.24, 2.45) is 0 Å². The molecule has 138 valence electrons. The Kier molecular flexibility index (Phi) is 26.8. The SMILES string of the molecule is O=C([O-])[O-].O=C([O-])[O-].O=C([O-])c1ccc(S(=O)(=O)O)cc1C(=O)[O-].[K+].[K+].[Pb]. The predicted molar refractivity (Wildman–Crippen MR) is 61.5 cm³/mol.